The number of guanidine groups is 1. The summed E-state index contributed by atoms with van der Waals surface area (Å²) in [6.07, 6.45) is -2.75. The first-order chi connectivity index (χ1) is 11.4. The van der Waals surface area contributed by atoms with E-state index in [1.54, 1.807) is 7.05 Å². The number of hydrogen-bond donors (Lipinski definition) is 2. The molecule has 0 bridgehead atoms. The molecule has 1 saturated heterocycles. The number of thiazole rings is 1. The third-order valence-electron chi connectivity index (χ3n) is 4.07. The van der Waals surface area contributed by atoms with Crippen LogP contribution in [0.1, 0.15) is 24.0 Å². The first kappa shape index (κ1) is 22.4. The standard InChI is InChI=1S/C15H24F3N5S.HI/c1-3-23-7-5-11(9-23)8-21-14(19-2)20-6-4-13-22-12(10-24-13)15(16,17)18;/h10-11H,3-9H2,1-2H3,(H2,19,20,21);1H. The molecule has 5 nitrogen and oxygen atoms in total. The average molecular weight is 491 g/mol. The highest BCUT2D eigenvalue weighted by atomic mass is 127. The van der Waals surface area contributed by atoms with E-state index in [4.69, 9.17) is 0 Å². The summed E-state index contributed by atoms with van der Waals surface area (Å²) in [6, 6.07) is 0. The number of nitrogens with zero attached hydrogens (tertiary/aromatic N) is 3. The van der Waals surface area contributed by atoms with Crippen LogP contribution in [0.25, 0.3) is 0 Å². The molecule has 1 fully saturated rings. The van der Waals surface area contributed by atoms with Crippen LogP contribution >= 0.6 is 35.3 Å². The predicted octanol–water partition coefficient (Wildman–Crippen LogP) is 2.83. The van der Waals surface area contributed by atoms with Gasteiger partial charge in [-0.3, -0.25) is 4.99 Å². The second-order valence-corrected chi connectivity index (χ2v) is 6.74. The number of halogens is 4. The zero-order chi connectivity index (χ0) is 17.6. The van der Waals surface area contributed by atoms with E-state index >= 15 is 0 Å². The van der Waals surface area contributed by atoms with E-state index in [2.05, 4.69) is 32.4 Å². The topological polar surface area (TPSA) is 52.5 Å². The molecule has 2 rings (SSSR count). The highest BCUT2D eigenvalue weighted by molar-refractivity contribution is 14.0. The maximum atomic E-state index is 12.5. The van der Waals surface area contributed by atoms with E-state index < -0.39 is 11.9 Å². The molecule has 0 aliphatic carbocycles. The lowest BCUT2D eigenvalue weighted by Gasteiger charge is -2.16. The molecular formula is C15H25F3IN5S. The van der Waals surface area contributed by atoms with E-state index in [1.165, 1.54) is 6.42 Å². The molecule has 1 atom stereocenters. The lowest BCUT2D eigenvalue weighted by molar-refractivity contribution is -0.140. The maximum Gasteiger partial charge on any atom is 0.434 e. The number of aromatic nitrogens is 1. The first-order valence-electron chi connectivity index (χ1n) is 8.10. The lowest BCUT2D eigenvalue weighted by Crippen LogP contribution is -2.41. The van der Waals surface area contributed by atoms with Gasteiger partial charge in [-0.15, -0.1) is 35.3 Å². The summed E-state index contributed by atoms with van der Waals surface area (Å²) in [4.78, 5) is 10.2. The van der Waals surface area contributed by atoms with E-state index in [0.29, 0.717) is 29.9 Å². The van der Waals surface area contributed by atoms with Crippen molar-refractivity contribution in [2.24, 2.45) is 10.9 Å². The molecule has 1 aliphatic rings. The van der Waals surface area contributed by atoms with E-state index in [1.807, 2.05) is 0 Å². The molecule has 0 radical (unpaired) electrons. The van der Waals surface area contributed by atoms with Gasteiger partial charge in [0.25, 0.3) is 0 Å². The van der Waals surface area contributed by atoms with Crippen LogP contribution in [0.2, 0.25) is 0 Å². The minimum atomic E-state index is -4.37. The van der Waals surface area contributed by atoms with Gasteiger partial charge in [-0.25, -0.2) is 4.98 Å². The Hall–Kier alpha value is -0.620. The van der Waals surface area contributed by atoms with Crippen molar-refractivity contribution in [3.63, 3.8) is 0 Å². The van der Waals surface area contributed by atoms with Gasteiger partial charge in [0.2, 0.25) is 0 Å². The molecular weight excluding hydrogens is 466 g/mol. The van der Waals surface area contributed by atoms with Gasteiger partial charge in [0.1, 0.15) is 0 Å². The minimum absolute atomic E-state index is 0. The molecule has 25 heavy (non-hydrogen) atoms. The Morgan fingerprint density at radius 2 is 2.20 bits per heavy atom. The number of likely N-dealkylation sites (tertiary alicyclic amines) is 1. The van der Waals surface area contributed by atoms with Crippen molar-refractivity contribution in [3.05, 3.63) is 16.1 Å². The zero-order valence-electron chi connectivity index (χ0n) is 14.4. The smallest absolute Gasteiger partial charge is 0.356 e. The fraction of sp³-hybridized carbons (Fsp3) is 0.733. The van der Waals surface area contributed by atoms with Crippen LogP contribution in [-0.4, -0.2) is 55.6 Å². The van der Waals surface area contributed by atoms with Crippen molar-refractivity contribution < 1.29 is 13.2 Å². The number of aliphatic imine (C=N–C) groups is 1. The Kier molecular flexibility index (Phi) is 9.43. The minimum Gasteiger partial charge on any atom is -0.356 e. The van der Waals surface area contributed by atoms with Crippen molar-refractivity contribution in [1.82, 2.24) is 20.5 Å². The third kappa shape index (κ3) is 7.26. The normalized spacial score (nSPS) is 18.9. The number of hydrogen-bond acceptors (Lipinski definition) is 4. The highest BCUT2D eigenvalue weighted by Gasteiger charge is 2.33. The Morgan fingerprint density at radius 3 is 2.76 bits per heavy atom. The molecule has 10 heteroatoms. The second kappa shape index (κ2) is 10.5. The average Bonchev–Trinajstić information content (AvgIpc) is 3.19. The lowest BCUT2D eigenvalue weighted by atomic mass is 10.1. The monoisotopic (exact) mass is 491 g/mol. The third-order valence-corrected chi connectivity index (χ3v) is 4.98. The second-order valence-electron chi connectivity index (χ2n) is 5.80. The molecule has 1 unspecified atom stereocenters. The number of rotatable bonds is 6. The van der Waals surface area contributed by atoms with Crippen molar-refractivity contribution in [2.45, 2.75) is 25.9 Å². The summed E-state index contributed by atoms with van der Waals surface area (Å²) in [5, 5.41) is 7.94. The first-order valence-corrected chi connectivity index (χ1v) is 8.98. The molecule has 0 spiro atoms. The van der Waals surface area contributed by atoms with Crippen LogP contribution < -0.4 is 10.6 Å². The van der Waals surface area contributed by atoms with Gasteiger partial charge in [0.05, 0.1) is 5.01 Å². The summed E-state index contributed by atoms with van der Waals surface area (Å²) in [5.41, 5.74) is -0.813. The Morgan fingerprint density at radius 1 is 1.44 bits per heavy atom. The van der Waals surface area contributed by atoms with E-state index in [-0.39, 0.29) is 24.0 Å². The van der Waals surface area contributed by atoms with Crippen LogP contribution in [0.5, 0.6) is 0 Å². The predicted molar refractivity (Wildman–Crippen MR) is 106 cm³/mol. The highest BCUT2D eigenvalue weighted by Crippen LogP contribution is 2.29. The van der Waals surface area contributed by atoms with Crippen LogP contribution in [0.3, 0.4) is 0 Å². The summed E-state index contributed by atoms with van der Waals surface area (Å²) < 4.78 is 37.5. The quantitative estimate of drug-likeness (QED) is 0.365. The Labute approximate surface area is 167 Å². The molecule has 1 aromatic rings. The summed E-state index contributed by atoms with van der Waals surface area (Å²) >= 11 is 1.04. The largest absolute Gasteiger partial charge is 0.434 e. The molecule has 2 heterocycles. The van der Waals surface area contributed by atoms with Crippen LogP contribution in [0.4, 0.5) is 13.2 Å². The van der Waals surface area contributed by atoms with Crippen LogP contribution in [0.15, 0.2) is 10.4 Å². The molecule has 1 aliphatic heterocycles. The van der Waals surface area contributed by atoms with Crippen molar-refractivity contribution in [1.29, 1.82) is 0 Å². The number of nitrogens with one attached hydrogen (secondary N) is 2. The summed E-state index contributed by atoms with van der Waals surface area (Å²) in [7, 11) is 1.69. The SMILES string of the molecule is CCN1CCC(CNC(=NC)NCCc2nc(C(F)(F)F)cs2)C1.I. The van der Waals surface area contributed by atoms with Crippen LogP contribution in [-0.2, 0) is 12.6 Å². The molecule has 1 aromatic heterocycles. The molecule has 2 N–H and O–H groups in total. The van der Waals surface area contributed by atoms with E-state index in [9.17, 15) is 13.2 Å². The van der Waals surface area contributed by atoms with Gasteiger partial charge in [-0.2, -0.15) is 13.2 Å². The van der Waals surface area contributed by atoms with Gasteiger partial charge in [-0.1, -0.05) is 6.92 Å². The van der Waals surface area contributed by atoms with Crippen molar-refractivity contribution in [2.75, 3.05) is 39.8 Å². The van der Waals surface area contributed by atoms with Gasteiger partial charge >= 0.3 is 6.18 Å². The molecule has 0 saturated carbocycles. The summed E-state index contributed by atoms with van der Waals surface area (Å²) in [5.74, 6) is 1.29. The fourth-order valence-electron chi connectivity index (χ4n) is 2.67. The van der Waals surface area contributed by atoms with Crippen LogP contribution in [0, 0.1) is 5.92 Å². The zero-order valence-corrected chi connectivity index (χ0v) is 17.5. The summed E-state index contributed by atoms with van der Waals surface area (Å²) in [6.45, 7) is 6.83. The van der Waals surface area contributed by atoms with Gasteiger partial charge < -0.3 is 15.5 Å². The molecule has 144 valence electrons. The Bertz CT molecular complexity index is 550. The van der Waals surface area contributed by atoms with Gasteiger partial charge in [-0.05, 0) is 25.4 Å². The van der Waals surface area contributed by atoms with E-state index in [0.717, 1.165) is 42.9 Å². The van der Waals surface area contributed by atoms with Crippen molar-refractivity contribution >= 4 is 41.3 Å². The van der Waals surface area contributed by atoms with Gasteiger partial charge in [0, 0.05) is 38.5 Å². The van der Waals surface area contributed by atoms with Crippen molar-refractivity contribution in [3.8, 4) is 0 Å². The van der Waals surface area contributed by atoms with Gasteiger partial charge in [0.15, 0.2) is 11.7 Å². The number of alkyl halides is 3. The molecule has 0 aromatic carbocycles. The molecule has 0 amide bonds. The maximum absolute atomic E-state index is 12.5. The fourth-order valence-corrected chi connectivity index (χ4v) is 3.48. The Balaban J connectivity index is 0.00000312.